The molecule has 4 nitrogen and oxygen atoms in total. The molecule has 6 heteroatoms. The average molecular weight is 414 g/mol. The molecule has 0 aliphatic heterocycles. The van der Waals surface area contributed by atoms with Gasteiger partial charge in [0.15, 0.2) is 0 Å². The van der Waals surface area contributed by atoms with E-state index < -0.39 is 0 Å². The summed E-state index contributed by atoms with van der Waals surface area (Å²) in [5.41, 5.74) is 3.40. The first-order chi connectivity index (χ1) is 10.0. The highest BCUT2D eigenvalue weighted by atomic mass is 127. The van der Waals surface area contributed by atoms with Crippen molar-refractivity contribution in [2.45, 2.75) is 32.2 Å². The number of anilines is 1. The van der Waals surface area contributed by atoms with Crippen molar-refractivity contribution in [3.8, 4) is 0 Å². The molecule has 0 spiro atoms. The third-order valence-electron chi connectivity index (χ3n) is 3.85. The number of non-ortho nitro benzene ring substituents is 1. The number of fused-ring (bicyclic) bond motifs is 1. The normalized spacial score (nSPS) is 17.3. The molecule has 0 saturated heterocycles. The highest BCUT2D eigenvalue weighted by molar-refractivity contribution is 14.1. The van der Waals surface area contributed by atoms with Crippen molar-refractivity contribution in [1.82, 2.24) is 0 Å². The lowest BCUT2D eigenvalue weighted by Gasteiger charge is -2.25. The van der Waals surface area contributed by atoms with Gasteiger partial charge in [0.05, 0.1) is 13.8 Å². The second kappa shape index (κ2) is 5.92. The fourth-order valence-electron chi connectivity index (χ4n) is 2.74. The van der Waals surface area contributed by atoms with Crippen LogP contribution in [0.3, 0.4) is 0 Å². The summed E-state index contributed by atoms with van der Waals surface area (Å²) in [6.07, 6.45) is 3.38. The molecule has 1 heterocycles. The first-order valence-electron chi connectivity index (χ1n) is 6.84. The third-order valence-corrected chi connectivity index (χ3v) is 5.82. The second-order valence-corrected chi connectivity index (χ2v) is 8.31. The van der Waals surface area contributed by atoms with Crippen molar-refractivity contribution in [1.29, 1.82) is 0 Å². The van der Waals surface area contributed by atoms with Gasteiger partial charge in [-0.1, -0.05) is 6.07 Å². The van der Waals surface area contributed by atoms with Crippen LogP contribution in [0.15, 0.2) is 24.3 Å². The minimum absolute atomic E-state index is 0.138. The van der Waals surface area contributed by atoms with E-state index in [9.17, 15) is 10.1 Å². The Kier molecular flexibility index (Phi) is 4.17. The van der Waals surface area contributed by atoms with Crippen LogP contribution in [0.1, 0.15) is 34.9 Å². The fourth-order valence-corrected chi connectivity index (χ4v) is 4.86. The van der Waals surface area contributed by atoms with Crippen LogP contribution in [-0.2, 0) is 6.42 Å². The molecule has 0 saturated carbocycles. The topological polar surface area (TPSA) is 55.2 Å². The van der Waals surface area contributed by atoms with Crippen LogP contribution >= 0.6 is 33.9 Å². The van der Waals surface area contributed by atoms with Crippen LogP contribution in [0.4, 0.5) is 11.4 Å². The summed E-state index contributed by atoms with van der Waals surface area (Å²) in [5.74, 6) is 0. The molecular formula is C15H15IN2O2S. The molecule has 0 radical (unpaired) electrons. The van der Waals surface area contributed by atoms with E-state index in [2.05, 4.69) is 34.0 Å². The molecule has 3 rings (SSSR count). The van der Waals surface area contributed by atoms with Gasteiger partial charge in [-0.25, -0.2) is 0 Å². The maximum absolute atomic E-state index is 10.9. The van der Waals surface area contributed by atoms with Crippen LogP contribution in [0.2, 0.25) is 0 Å². The van der Waals surface area contributed by atoms with E-state index in [-0.39, 0.29) is 16.7 Å². The Hall–Kier alpha value is -1.15. The maximum atomic E-state index is 10.9. The molecule has 0 bridgehead atoms. The Morgan fingerprint density at radius 2 is 2.24 bits per heavy atom. The van der Waals surface area contributed by atoms with Crippen LogP contribution in [0.25, 0.3) is 0 Å². The van der Waals surface area contributed by atoms with E-state index in [1.807, 2.05) is 24.3 Å². The van der Waals surface area contributed by atoms with Crippen molar-refractivity contribution in [3.63, 3.8) is 0 Å². The number of hydrogen-bond donors (Lipinski definition) is 1. The quantitative estimate of drug-likeness (QED) is 0.434. The monoisotopic (exact) mass is 414 g/mol. The predicted molar refractivity (Wildman–Crippen MR) is 94.2 cm³/mol. The first kappa shape index (κ1) is 14.8. The van der Waals surface area contributed by atoms with Gasteiger partial charge in [0.1, 0.15) is 0 Å². The maximum Gasteiger partial charge on any atom is 0.271 e. The van der Waals surface area contributed by atoms with E-state index in [1.54, 1.807) is 12.1 Å². The molecule has 1 atom stereocenters. The zero-order valence-electron chi connectivity index (χ0n) is 11.6. The minimum Gasteiger partial charge on any atom is -0.378 e. The van der Waals surface area contributed by atoms with Gasteiger partial charge in [0.2, 0.25) is 0 Å². The summed E-state index contributed by atoms with van der Waals surface area (Å²) >= 11 is 4.22. The molecule has 1 aromatic heterocycles. The number of halogens is 1. The number of aryl methyl sites for hydroxylation is 2. The number of nitrogens with one attached hydrogen (secondary N) is 1. The highest BCUT2D eigenvalue weighted by Gasteiger charge is 2.23. The van der Waals surface area contributed by atoms with Crippen molar-refractivity contribution >= 4 is 45.3 Å². The summed E-state index contributed by atoms with van der Waals surface area (Å²) < 4.78 is 1.31. The Balaban J connectivity index is 1.91. The number of benzene rings is 1. The molecule has 1 aromatic carbocycles. The predicted octanol–water partition coefficient (Wildman–Crippen LogP) is 5.06. The van der Waals surface area contributed by atoms with Crippen LogP contribution < -0.4 is 5.32 Å². The summed E-state index contributed by atoms with van der Waals surface area (Å²) in [4.78, 5) is 12.0. The molecule has 1 aliphatic carbocycles. The van der Waals surface area contributed by atoms with Gasteiger partial charge in [-0.05, 0) is 66.0 Å². The molecule has 1 aliphatic rings. The van der Waals surface area contributed by atoms with Gasteiger partial charge in [-0.15, -0.1) is 11.3 Å². The molecule has 0 fully saturated rings. The highest BCUT2D eigenvalue weighted by Crippen LogP contribution is 2.38. The number of nitro benzene ring substituents is 1. The van der Waals surface area contributed by atoms with Crippen LogP contribution in [-0.4, -0.2) is 4.92 Å². The first-order valence-corrected chi connectivity index (χ1v) is 8.74. The molecule has 21 heavy (non-hydrogen) atoms. The smallest absolute Gasteiger partial charge is 0.271 e. The second-order valence-electron chi connectivity index (χ2n) is 5.27. The Labute approximate surface area is 140 Å². The summed E-state index contributed by atoms with van der Waals surface area (Å²) in [6.45, 7) is 1.98. The van der Waals surface area contributed by atoms with Gasteiger partial charge in [-0.2, -0.15) is 0 Å². The standard InChI is InChI=1S/C15H15IN2O2S/c1-9-5-6-10(18(19)20)7-13(9)17-12-3-2-4-14-11(12)8-15(16)21-14/h5-8,12,17H,2-4H2,1H3. The van der Waals surface area contributed by atoms with E-state index in [1.165, 1.54) is 13.3 Å². The third kappa shape index (κ3) is 3.06. The van der Waals surface area contributed by atoms with E-state index in [0.717, 1.165) is 30.5 Å². The van der Waals surface area contributed by atoms with E-state index in [0.29, 0.717) is 0 Å². The Morgan fingerprint density at radius 3 is 3.00 bits per heavy atom. The summed E-state index contributed by atoms with van der Waals surface area (Å²) in [5, 5.41) is 14.4. The van der Waals surface area contributed by atoms with Crippen LogP contribution in [0, 0.1) is 19.9 Å². The van der Waals surface area contributed by atoms with Gasteiger partial charge < -0.3 is 5.32 Å². The molecule has 0 amide bonds. The average Bonchev–Trinajstić information content (AvgIpc) is 2.82. The number of thiophene rings is 1. The van der Waals surface area contributed by atoms with Gasteiger partial charge in [0.25, 0.3) is 5.69 Å². The van der Waals surface area contributed by atoms with Crippen LogP contribution in [0.5, 0.6) is 0 Å². The lowest BCUT2D eigenvalue weighted by molar-refractivity contribution is -0.384. The van der Waals surface area contributed by atoms with E-state index in [4.69, 9.17) is 0 Å². The number of rotatable bonds is 3. The summed E-state index contributed by atoms with van der Waals surface area (Å²) in [6, 6.07) is 7.50. The molecule has 1 unspecified atom stereocenters. The summed E-state index contributed by atoms with van der Waals surface area (Å²) in [7, 11) is 0. The Bertz CT molecular complexity index is 699. The molecule has 2 aromatic rings. The number of nitrogens with zero attached hydrogens (tertiary/aromatic N) is 1. The lowest BCUT2D eigenvalue weighted by atomic mass is 9.93. The van der Waals surface area contributed by atoms with E-state index >= 15 is 0 Å². The zero-order chi connectivity index (χ0) is 15.0. The van der Waals surface area contributed by atoms with Crippen molar-refractivity contribution < 1.29 is 4.92 Å². The SMILES string of the molecule is Cc1ccc([N+](=O)[O-])cc1NC1CCCc2sc(I)cc21. The zero-order valence-corrected chi connectivity index (χ0v) is 14.5. The molecule has 110 valence electrons. The minimum atomic E-state index is -0.343. The number of hydrogen-bond acceptors (Lipinski definition) is 4. The number of nitro groups is 1. The van der Waals surface area contributed by atoms with Gasteiger partial charge in [-0.3, -0.25) is 10.1 Å². The molecular weight excluding hydrogens is 399 g/mol. The fraction of sp³-hybridized carbons (Fsp3) is 0.333. The van der Waals surface area contributed by atoms with Crippen molar-refractivity contribution in [2.75, 3.05) is 5.32 Å². The largest absolute Gasteiger partial charge is 0.378 e. The lowest BCUT2D eigenvalue weighted by Crippen LogP contribution is -2.16. The van der Waals surface area contributed by atoms with Gasteiger partial charge in [0, 0.05) is 22.7 Å². The van der Waals surface area contributed by atoms with Crippen molar-refractivity contribution in [3.05, 3.63) is 53.3 Å². The van der Waals surface area contributed by atoms with Crippen molar-refractivity contribution in [2.24, 2.45) is 0 Å². The molecule has 1 N–H and O–H groups in total. The Morgan fingerprint density at radius 1 is 1.43 bits per heavy atom. The van der Waals surface area contributed by atoms with Gasteiger partial charge >= 0.3 is 0 Å².